The van der Waals surface area contributed by atoms with E-state index in [1.807, 2.05) is 24.0 Å². The summed E-state index contributed by atoms with van der Waals surface area (Å²) in [5, 5.41) is 10.1. The fourth-order valence-corrected chi connectivity index (χ4v) is 2.14. The maximum Gasteiger partial charge on any atom is 0.324 e. The summed E-state index contributed by atoms with van der Waals surface area (Å²) in [6, 6.07) is 0.0853. The molecule has 1 aromatic rings. The van der Waals surface area contributed by atoms with Crippen molar-refractivity contribution in [2.45, 2.75) is 32.9 Å². The van der Waals surface area contributed by atoms with Gasteiger partial charge in [-0.25, -0.2) is 4.79 Å². The molecular weight excluding hydrogens is 258 g/mol. The number of carbonyl (C=O) groups excluding carboxylic acids is 2. The highest BCUT2D eigenvalue weighted by molar-refractivity contribution is 6.01. The first-order valence-corrected chi connectivity index (χ1v) is 6.81. The van der Waals surface area contributed by atoms with Crippen LogP contribution in [0.3, 0.4) is 0 Å². The number of imide groups is 1. The molecule has 2 heterocycles. The first-order chi connectivity index (χ1) is 9.49. The molecule has 1 aromatic heterocycles. The summed E-state index contributed by atoms with van der Waals surface area (Å²) in [4.78, 5) is 24.0. The van der Waals surface area contributed by atoms with Crippen molar-refractivity contribution in [1.82, 2.24) is 25.3 Å². The van der Waals surface area contributed by atoms with E-state index in [1.54, 1.807) is 0 Å². The Kier molecular flexibility index (Phi) is 4.39. The van der Waals surface area contributed by atoms with Crippen molar-refractivity contribution < 1.29 is 9.59 Å². The van der Waals surface area contributed by atoms with Crippen molar-refractivity contribution in [2.24, 2.45) is 0 Å². The quantitative estimate of drug-likeness (QED) is 0.733. The van der Waals surface area contributed by atoms with Gasteiger partial charge in [0, 0.05) is 25.3 Å². The van der Waals surface area contributed by atoms with Crippen LogP contribution in [0, 0.1) is 6.92 Å². The molecule has 2 N–H and O–H groups in total. The molecular formula is C13H21N5O2. The molecule has 0 bridgehead atoms. The monoisotopic (exact) mass is 279 g/mol. The number of carbonyl (C=O) groups is 2. The predicted octanol–water partition coefficient (Wildman–Crippen LogP) is 0.282. The summed E-state index contributed by atoms with van der Waals surface area (Å²) >= 11 is 0. The van der Waals surface area contributed by atoms with Crippen LogP contribution < -0.4 is 10.6 Å². The highest BCUT2D eigenvalue weighted by Gasteiger charge is 2.27. The van der Waals surface area contributed by atoms with Gasteiger partial charge in [0.25, 0.3) is 0 Å². The van der Waals surface area contributed by atoms with Gasteiger partial charge in [0.2, 0.25) is 5.91 Å². The van der Waals surface area contributed by atoms with E-state index in [2.05, 4.69) is 29.6 Å². The van der Waals surface area contributed by atoms with Crippen molar-refractivity contribution >= 4 is 11.9 Å². The highest BCUT2D eigenvalue weighted by atomic mass is 16.2. The number of hydrogen-bond donors (Lipinski definition) is 2. The molecule has 1 saturated heterocycles. The van der Waals surface area contributed by atoms with Crippen molar-refractivity contribution in [3.63, 3.8) is 0 Å². The predicted molar refractivity (Wildman–Crippen MR) is 74.3 cm³/mol. The Morgan fingerprint density at radius 2 is 2.20 bits per heavy atom. The van der Waals surface area contributed by atoms with Crippen LogP contribution in [0.5, 0.6) is 0 Å². The van der Waals surface area contributed by atoms with Crippen molar-refractivity contribution in [3.8, 4) is 0 Å². The summed E-state index contributed by atoms with van der Waals surface area (Å²) < 4.78 is 1.92. The molecule has 0 spiro atoms. The first kappa shape index (κ1) is 14.5. The van der Waals surface area contributed by atoms with Gasteiger partial charge in [0.1, 0.15) is 0 Å². The molecule has 0 radical (unpaired) electrons. The maximum absolute atomic E-state index is 11.4. The molecule has 1 aliphatic rings. The molecule has 1 fully saturated rings. The van der Waals surface area contributed by atoms with Gasteiger partial charge >= 0.3 is 6.03 Å². The molecule has 2 rings (SSSR count). The summed E-state index contributed by atoms with van der Waals surface area (Å²) in [7, 11) is 0. The Morgan fingerprint density at radius 3 is 2.75 bits per heavy atom. The van der Waals surface area contributed by atoms with E-state index in [-0.39, 0.29) is 30.6 Å². The molecule has 1 aliphatic heterocycles. The lowest BCUT2D eigenvalue weighted by Gasteiger charge is -2.23. The number of amides is 3. The fraction of sp³-hybridized carbons (Fsp3) is 0.615. The number of nitrogens with one attached hydrogen (secondary N) is 2. The second kappa shape index (κ2) is 6.04. The molecule has 0 saturated carbocycles. The molecule has 3 amide bonds. The third kappa shape index (κ3) is 3.16. The highest BCUT2D eigenvalue weighted by Crippen LogP contribution is 2.10. The average molecular weight is 279 g/mol. The zero-order valence-corrected chi connectivity index (χ0v) is 12.1. The standard InChI is InChI=1S/C13H21N5O2/c1-9-6-16-18(8-9)11(3)10(2)14-4-5-17-12(19)7-15-13(17)20/h6,8,10-11,14H,4-5,7H2,1-3H3,(H,15,20). The molecule has 110 valence electrons. The number of nitrogens with zero attached hydrogens (tertiary/aromatic N) is 3. The molecule has 0 aromatic carbocycles. The molecule has 7 heteroatoms. The molecule has 20 heavy (non-hydrogen) atoms. The largest absolute Gasteiger partial charge is 0.329 e. The Balaban J connectivity index is 1.79. The normalized spacial score (nSPS) is 18.2. The Bertz CT molecular complexity index is 483. The fourth-order valence-electron chi connectivity index (χ4n) is 2.14. The van der Waals surface area contributed by atoms with Gasteiger partial charge in [-0.05, 0) is 26.3 Å². The Hall–Kier alpha value is -1.89. The van der Waals surface area contributed by atoms with Crippen LogP contribution in [0.4, 0.5) is 4.79 Å². The Labute approximate surface area is 118 Å². The molecule has 0 aliphatic carbocycles. The minimum Gasteiger partial charge on any atom is -0.329 e. The third-order valence-corrected chi connectivity index (χ3v) is 3.61. The van der Waals surface area contributed by atoms with E-state index >= 15 is 0 Å². The molecule has 2 unspecified atom stereocenters. The number of hydrogen-bond acceptors (Lipinski definition) is 4. The second-order valence-corrected chi connectivity index (χ2v) is 5.19. The van der Waals surface area contributed by atoms with Crippen molar-refractivity contribution in [1.29, 1.82) is 0 Å². The van der Waals surface area contributed by atoms with E-state index in [9.17, 15) is 9.59 Å². The van der Waals surface area contributed by atoms with E-state index in [0.29, 0.717) is 13.1 Å². The Morgan fingerprint density at radius 1 is 1.45 bits per heavy atom. The van der Waals surface area contributed by atoms with Crippen LogP contribution in [0.2, 0.25) is 0 Å². The molecule has 2 atom stereocenters. The summed E-state index contributed by atoms with van der Waals surface area (Å²) in [6.45, 7) is 7.22. The summed E-state index contributed by atoms with van der Waals surface area (Å²) in [6.07, 6.45) is 3.83. The van der Waals surface area contributed by atoms with Gasteiger partial charge in [-0.2, -0.15) is 5.10 Å². The lowest BCUT2D eigenvalue weighted by molar-refractivity contribution is -0.124. The lowest BCUT2D eigenvalue weighted by atomic mass is 10.2. The minimum atomic E-state index is -0.305. The summed E-state index contributed by atoms with van der Waals surface area (Å²) in [5.41, 5.74) is 1.13. The van der Waals surface area contributed by atoms with E-state index in [0.717, 1.165) is 5.56 Å². The zero-order valence-electron chi connectivity index (χ0n) is 12.1. The number of urea groups is 1. The van der Waals surface area contributed by atoms with E-state index in [4.69, 9.17) is 0 Å². The summed E-state index contributed by atoms with van der Waals surface area (Å²) in [5.74, 6) is -0.166. The smallest absolute Gasteiger partial charge is 0.324 e. The third-order valence-electron chi connectivity index (χ3n) is 3.61. The lowest BCUT2D eigenvalue weighted by Crippen LogP contribution is -2.41. The maximum atomic E-state index is 11.4. The van der Waals surface area contributed by atoms with Crippen LogP contribution in [-0.4, -0.2) is 52.3 Å². The van der Waals surface area contributed by atoms with Gasteiger partial charge in [0.15, 0.2) is 0 Å². The second-order valence-electron chi connectivity index (χ2n) is 5.19. The van der Waals surface area contributed by atoms with Gasteiger partial charge < -0.3 is 10.6 Å². The van der Waals surface area contributed by atoms with Gasteiger partial charge in [-0.3, -0.25) is 14.4 Å². The average Bonchev–Trinajstić information content (AvgIpc) is 2.97. The number of aromatic nitrogens is 2. The first-order valence-electron chi connectivity index (χ1n) is 6.81. The SMILES string of the molecule is Cc1cnn(C(C)C(C)NCCN2C(=O)CNC2=O)c1. The van der Waals surface area contributed by atoms with Crippen LogP contribution in [0.25, 0.3) is 0 Å². The van der Waals surface area contributed by atoms with Gasteiger partial charge in [0.05, 0.1) is 18.8 Å². The number of rotatable bonds is 6. The van der Waals surface area contributed by atoms with E-state index in [1.165, 1.54) is 4.90 Å². The van der Waals surface area contributed by atoms with Crippen LogP contribution in [0.15, 0.2) is 12.4 Å². The van der Waals surface area contributed by atoms with Crippen LogP contribution in [0.1, 0.15) is 25.5 Å². The van der Waals surface area contributed by atoms with Crippen LogP contribution >= 0.6 is 0 Å². The van der Waals surface area contributed by atoms with E-state index < -0.39 is 0 Å². The van der Waals surface area contributed by atoms with Crippen molar-refractivity contribution in [2.75, 3.05) is 19.6 Å². The van der Waals surface area contributed by atoms with Gasteiger partial charge in [-0.15, -0.1) is 0 Å². The van der Waals surface area contributed by atoms with Crippen molar-refractivity contribution in [3.05, 3.63) is 18.0 Å². The van der Waals surface area contributed by atoms with Gasteiger partial charge in [-0.1, -0.05) is 0 Å². The van der Waals surface area contributed by atoms with Crippen LogP contribution in [-0.2, 0) is 4.79 Å². The minimum absolute atomic E-state index is 0.108. The molecule has 7 nitrogen and oxygen atoms in total. The zero-order chi connectivity index (χ0) is 14.7. The topological polar surface area (TPSA) is 79.3 Å². The number of aryl methyl sites for hydroxylation is 1.